The second-order valence-electron chi connectivity index (χ2n) is 4.26. The maximum atomic E-state index is 10.7. The van der Waals surface area contributed by atoms with Gasteiger partial charge in [0.25, 0.3) is 0 Å². The maximum Gasteiger partial charge on any atom is 0.333 e. The molecule has 5 heteroatoms. The zero-order valence-electron chi connectivity index (χ0n) is 12.7. The van der Waals surface area contributed by atoms with Gasteiger partial charge in [0, 0.05) is 24.2 Å². The quantitative estimate of drug-likeness (QED) is 0.421. The second kappa shape index (κ2) is 13.8. The Morgan fingerprint density at radius 2 is 1.35 bits per heavy atom. The maximum absolute atomic E-state index is 10.7. The summed E-state index contributed by atoms with van der Waals surface area (Å²) in [4.78, 5) is 21.3. The molecule has 0 heterocycles. The van der Waals surface area contributed by atoms with Crippen LogP contribution in [0, 0.1) is 0 Å². The van der Waals surface area contributed by atoms with Gasteiger partial charge in [0.2, 0.25) is 0 Å². The number of carbonyl (C=O) groups excluding carboxylic acids is 2. The molecule has 0 aromatic carbocycles. The van der Waals surface area contributed by atoms with Crippen molar-refractivity contribution in [2.24, 2.45) is 0 Å². The van der Waals surface area contributed by atoms with Crippen LogP contribution in [0.1, 0.15) is 40.0 Å². The third-order valence-electron chi connectivity index (χ3n) is 1.96. The summed E-state index contributed by atoms with van der Waals surface area (Å²) >= 11 is 0. The number of hydrogen-bond donors (Lipinski definition) is 1. The summed E-state index contributed by atoms with van der Waals surface area (Å²) < 4.78 is 9.45. The molecule has 116 valence electrons. The first-order valence-corrected chi connectivity index (χ1v) is 6.62. The Balaban J connectivity index is 0. The summed E-state index contributed by atoms with van der Waals surface area (Å²) in [7, 11) is 0. The first kappa shape index (κ1) is 20.7. The van der Waals surface area contributed by atoms with Gasteiger partial charge in [0.1, 0.15) is 0 Å². The van der Waals surface area contributed by atoms with Crippen LogP contribution in [0.4, 0.5) is 0 Å². The lowest BCUT2D eigenvalue weighted by molar-refractivity contribution is -0.140. The molecule has 0 aliphatic heterocycles. The Bertz CT molecular complexity index is 288. The fourth-order valence-electron chi connectivity index (χ4n) is 0.785. The highest BCUT2D eigenvalue weighted by atomic mass is 16.5. The highest BCUT2D eigenvalue weighted by Gasteiger charge is 2.01. The zero-order chi connectivity index (χ0) is 16.0. The van der Waals surface area contributed by atoms with Crippen LogP contribution in [0.2, 0.25) is 0 Å². The molecule has 0 saturated carbocycles. The van der Waals surface area contributed by atoms with Crippen LogP contribution in [-0.4, -0.2) is 36.9 Å². The number of ether oxygens (including phenoxy) is 2. The molecule has 0 aromatic heterocycles. The van der Waals surface area contributed by atoms with E-state index >= 15 is 0 Å². The van der Waals surface area contributed by atoms with Crippen molar-refractivity contribution in [3.63, 3.8) is 0 Å². The Morgan fingerprint density at radius 1 is 0.950 bits per heavy atom. The minimum Gasteiger partial charge on any atom is -0.462 e. The first-order chi connectivity index (χ1) is 9.36. The number of unbranched alkanes of at least 4 members (excludes halogenated alkanes) is 1. The number of carbonyl (C=O) groups is 2. The van der Waals surface area contributed by atoms with Crippen molar-refractivity contribution in [1.82, 2.24) is 0 Å². The number of aliphatic hydroxyl groups excluding tert-OH is 1. The van der Waals surface area contributed by atoms with Crippen molar-refractivity contribution < 1.29 is 24.2 Å². The van der Waals surface area contributed by atoms with E-state index in [1.54, 1.807) is 13.8 Å². The minimum atomic E-state index is -0.395. The molecule has 0 amide bonds. The lowest BCUT2D eigenvalue weighted by Crippen LogP contribution is -2.06. The summed E-state index contributed by atoms with van der Waals surface area (Å²) in [5.74, 6) is -0.679. The van der Waals surface area contributed by atoms with E-state index in [-0.39, 0.29) is 19.2 Å². The van der Waals surface area contributed by atoms with Crippen LogP contribution in [0.3, 0.4) is 0 Å². The third-order valence-corrected chi connectivity index (χ3v) is 1.96. The number of aliphatic hydroxyl groups is 1. The van der Waals surface area contributed by atoms with Crippen LogP contribution in [-0.2, 0) is 19.1 Å². The van der Waals surface area contributed by atoms with E-state index in [1.807, 2.05) is 0 Å². The van der Waals surface area contributed by atoms with Crippen LogP contribution in [0.15, 0.2) is 24.3 Å². The van der Waals surface area contributed by atoms with Gasteiger partial charge >= 0.3 is 11.9 Å². The van der Waals surface area contributed by atoms with Crippen molar-refractivity contribution in [3.8, 4) is 0 Å². The lowest BCUT2D eigenvalue weighted by atomic mass is 10.3. The topological polar surface area (TPSA) is 72.8 Å². The van der Waals surface area contributed by atoms with Gasteiger partial charge in [-0.15, -0.1) is 0 Å². The van der Waals surface area contributed by atoms with Gasteiger partial charge in [-0.05, 0) is 20.3 Å². The predicted molar refractivity (Wildman–Crippen MR) is 78.2 cm³/mol. The molecule has 20 heavy (non-hydrogen) atoms. The molecule has 0 rings (SSSR count). The summed E-state index contributed by atoms with van der Waals surface area (Å²) in [6.45, 7) is 13.0. The SMILES string of the molecule is C=C(C)C(=O)OCCCC.C=C(C)C(=O)OCCCO. The highest BCUT2D eigenvalue weighted by Crippen LogP contribution is 1.94. The van der Waals surface area contributed by atoms with E-state index in [2.05, 4.69) is 24.8 Å². The average molecular weight is 286 g/mol. The van der Waals surface area contributed by atoms with E-state index in [1.165, 1.54) is 0 Å². The molecule has 0 unspecified atom stereocenters. The number of esters is 2. The molecule has 0 aliphatic carbocycles. The van der Waals surface area contributed by atoms with Gasteiger partial charge in [-0.25, -0.2) is 9.59 Å². The molecule has 0 fully saturated rings. The molecule has 0 aromatic rings. The van der Waals surface area contributed by atoms with Crippen LogP contribution >= 0.6 is 0 Å². The van der Waals surface area contributed by atoms with Gasteiger partial charge in [-0.2, -0.15) is 0 Å². The third kappa shape index (κ3) is 14.4. The lowest BCUT2D eigenvalue weighted by Gasteiger charge is -2.01. The summed E-state index contributed by atoms with van der Waals surface area (Å²) in [6, 6.07) is 0. The molecule has 0 saturated heterocycles. The largest absolute Gasteiger partial charge is 0.462 e. The molecule has 5 nitrogen and oxygen atoms in total. The molecule has 0 atom stereocenters. The minimum absolute atomic E-state index is 0.0451. The smallest absolute Gasteiger partial charge is 0.333 e. The van der Waals surface area contributed by atoms with E-state index in [0.29, 0.717) is 24.2 Å². The summed E-state index contributed by atoms with van der Waals surface area (Å²) in [5.41, 5.74) is 0.856. The fourth-order valence-corrected chi connectivity index (χ4v) is 0.785. The number of rotatable bonds is 8. The second-order valence-corrected chi connectivity index (χ2v) is 4.26. The molecule has 0 bridgehead atoms. The number of hydrogen-bond acceptors (Lipinski definition) is 5. The molecule has 0 aliphatic rings. The average Bonchev–Trinajstić information content (AvgIpc) is 2.39. The van der Waals surface area contributed by atoms with Crippen LogP contribution in [0.5, 0.6) is 0 Å². The van der Waals surface area contributed by atoms with Crippen molar-refractivity contribution in [3.05, 3.63) is 24.3 Å². The Kier molecular flexibility index (Phi) is 14.3. The standard InChI is InChI=1S/C8H14O2.C7H12O3/c1-4-5-6-10-8(9)7(2)3;1-6(2)7(9)10-5-3-4-8/h2,4-6H2,1,3H3;8H,1,3-5H2,2H3. The van der Waals surface area contributed by atoms with Gasteiger partial charge < -0.3 is 14.6 Å². The Labute approximate surface area is 121 Å². The Hall–Kier alpha value is -1.62. The van der Waals surface area contributed by atoms with E-state index in [0.717, 1.165) is 12.8 Å². The van der Waals surface area contributed by atoms with Gasteiger partial charge in [-0.3, -0.25) is 0 Å². The van der Waals surface area contributed by atoms with Gasteiger partial charge in [0.05, 0.1) is 13.2 Å². The molecule has 1 N–H and O–H groups in total. The molecular weight excluding hydrogens is 260 g/mol. The summed E-state index contributed by atoms with van der Waals surface area (Å²) in [5, 5.41) is 8.30. The monoisotopic (exact) mass is 286 g/mol. The Morgan fingerprint density at radius 3 is 1.65 bits per heavy atom. The summed E-state index contributed by atoms with van der Waals surface area (Å²) in [6.07, 6.45) is 2.46. The van der Waals surface area contributed by atoms with Crippen molar-refractivity contribution in [2.45, 2.75) is 40.0 Å². The molecule has 0 radical (unpaired) electrons. The van der Waals surface area contributed by atoms with Gasteiger partial charge in [-0.1, -0.05) is 26.5 Å². The molecular formula is C15H26O5. The predicted octanol–water partition coefficient (Wildman–Crippen LogP) is 2.39. The molecule has 0 spiro atoms. The van der Waals surface area contributed by atoms with E-state index < -0.39 is 5.97 Å². The highest BCUT2D eigenvalue weighted by molar-refractivity contribution is 5.87. The fraction of sp³-hybridized carbons (Fsp3) is 0.600. The van der Waals surface area contributed by atoms with Crippen molar-refractivity contribution in [2.75, 3.05) is 19.8 Å². The van der Waals surface area contributed by atoms with E-state index in [9.17, 15) is 9.59 Å². The first-order valence-electron chi connectivity index (χ1n) is 6.62. The van der Waals surface area contributed by atoms with Crippen LogP contribution < -0.4 is 0 Å². The normalized spacial score (nSPS) is 9.00. The van der Waals surface area contributed by atoms with Crippen molar-refractivity contribution >= 4 is 11.9 Å². The van der Waals surface area contributed by atoms with Crippen molar-refractivity contribution in [1.29, 1.82) is 0 Å². The van der Waals surface area contributed by atoms with Gasteiger partial charge in [0.15, 0.2) is 0 Å². The zero-order valence-corrected chi connectivity index (χ0v) is 12.7. The van der Waals surface area contributed by atoms with E-state index in [4.69, 9.17) is 9.84 Å². The van der Waals surface area contributed by atoms with Crippen LogP contribution in [0.25, 0.3) is 0 Å².